The van der Waals surface area contributed by atoms with E-state index in [1.807, 2.05) is 32.1 Å². The van der Waals surface area contributed by atoms with Gasteiger partial charge < -0.3 is 4.90 Å². The third-order valence-electron chi connectivity index (χ3n) is 1.86. The normalized spacial score (nSPS) is 13.8. The van der Waals surface area contributed by atoms with Crippen molar-refractivity contribution < 1.29 is 0 Å². The molecule has 0 aromatic carbocycles. The number of aliphatic imine (C=N–C) groups is 1. The van der Waals surface area contributed by atoms with Crippen molar-refractivity contribution in [2.75, 3.05) is 14.1 Å². The molecule has 0 saturated carbocycles. The van der Waals surface area contributed by atoms with E-state index in [2.05, 4.69) is 25.4 Å². The molecule has 12 heavy (non-hydrogen) atoms. The lowest BCUT2D eigenvalue weighted by molar-refractivity contribution is 0.415. The first-order valence-corrected chi connectivity index (χ1v) is 4.34. The van der Waals surface area contributed by atoms with Gasteiger partial charge in [-0.15, -0.1) is 0 Å². The quantitative estimate of drug-likeness (QED) is 0.587. The van der Waals surface area contributed by atoms with Crippen LogP contribution in [-0.4, -0.2) is 31.3 Å². The summed E-state index contributed by atoms with van der Waals surface area (Å²) < 4.78 is 0. The summed E-state index contributed by atoms with van der Waals surface area (Å²) in [5.41, 5.74) is 1.07. The van der Waals surface area contributed by atoms with Crippen LogP contribution in [0.5, 0.6) is 0 Å². The van der Waals surface area contributed by atoms with Crippen LogP contribution in [0.25, 0.3) is 0 Å². The predicted molar refractivity (Wildman–Crippen MR) is 55.6 cm³/mol. The minimum absolute atomic E-state index is 0.227. The summed E-state index contributed by atoms with van der Waals surface area (Å²) in [5, 5.41) is 0. The van der Waals surface area contributed by atoms with Crippen LogP contribution in [0, 0.1) is 5.92 Å². The van der Waals surface area contributed by atoms with Crippen molar-refractivity contribution in [3.05, 3.63) is 12.3 Å². The predicted octanol–water partition coefficient (Wildman–Crippen LogP) is 2.18. The number of likely N-dealkylation sites (N-methyl/N-ethyl adjacent to an activating group) is 1. The Morgan fingerprint density at radius 3 is 2.17 bits per heavy atom. The summed E-state index contributed by atoms with van der Waals surface area (Å²) in [6.07, 6.45) is 1.85. The summed E-state index contributed by atoms with van der Waals surface area (Å²) in [5.74, 6) is 0.510. The Bertz CT molecular complexity index is 169. The summed E-state index contributed by atoms with van der Waals surface area (Å²) in [4.78, 5) is 6.40. The largest absolute Gasteiger partial charge is 0.380 e. The van der Waals surface area contributed by atoms with Gasteiger partial charge in [0.25, 0.3) is 0 Å². The van der Waals surface area contributed by atoms with Gasteiger partial charge in [-0.1, -0.05) is 20.4 Å². The van der Waals surface area contributed by atoms with E-state index >= 15 is 0 Å². The van der Waals surface area contributed by atoms with Gasteiger partial charge in [-0.2, -0.15) is 0 Å². The number of nitrogens with zero attached hydrogens (tertiary/aromatic N) is 2. The lowest BCUT2D eigenvalue weighted by atomic mass is 10.0. The average molecular weight is 168 g/mol. The first-order chi connectivity index (χ1) is 5.50. The van der Waals surface area contributed by atoms with Crippen LogP contribution in [0.3, 0.4) is 0 Å². The van der Waals surface area contributed by atoms with Crippen molar-refractivity contribution >= 4 is 6.21 Å². The molecule has 0 rings (SSSR count). The van der Waals surface area contributed by atoms with E-state index in [0.29, 0.717) is 5.92 Å². The SMILES string of the molecule is C=C(C(/N=C\C)C(C)C)N(C)C. The highest BCUT2D eigenvalue weighted by Gasteiger charge is 2.15. The smallest absolute Gasteiger partial charge is 0.0908 e. The second kappa shape index (κ2) is 4.96. The van der Waals surface area contributed by atoms with E-state index in [0.717, 1.165) is 5.70 Å². The second-order valence-electron chi connectivity index (χ2n) is 3.48. The molecule has 0 fully saturated rings. The van der Waals surface area contributed by atoms with Gasteiger partial charge in [-0.3, -0.25) is 4.99 Å². The number of rotatable bonds is 4. The summed E-state index contributed by atoms with van der Waals surface area (Å²) in [7, 11) is 4.01. The molecule has 0 aromatic rings. The zero-order valence-electron chi connectivity index (χ0n) is 8.83. The number of hydrogen-bond acceptors (Lipinski definition) is 2. The average Bonchev–Trinajstić information content (AvgIpc) is 1.98. The van der Waals surface area contributed by atoms with Gasteiger partial charge in [0.2, 0.25) is 0 Å². The number of hydrogen-bond donors (Lipinski definition) is 0. The molecule has 2 nitrogen and oxygen atoms in total. The van der Waals surface area contributed by atoms with Crippen LogP contribution in [0.1, 0.15) is 20.8 Å². The molecule has 0 aliphatic rings. The van der Waals surface area contributed by atoms with Gasteiger partial charge in [-0.05, 0) is 19.1 Å². The molecule has 0 aliphatic heterocycles. The Kier molecular flexibility index (Phi) is 4.64. The molecule has 1 atom stereocenters. The Hall–Kier alpha value is -0.790. The van der Waals surface area contributed by atoms with Crippen LogP contribution >= 0.6 is 0 Å². The van der Waals surface area contributed by atoms with E-state index < -0.39 is 0 Å². The summed E-state index contributed by atoms with van der Waals surface area (Å²) >= 11 is 0. The fourth-order valence-corrected chi connectivity index (χ4v) is 1.07. The molecule has 0 saturated heterocycles. The zero-order chi connectivity index (χ0) is 9.72. The standard InChI is InChI=1S/C10H20N2/c1-7-11-10(8(2)3)9(4)12(5)6/h7-8,10H,4H2,1-3,5-6H3/b11-7-. The second-order valence-corrected chi connectivity index (χ2v) is 3.48. The van der Waals surface area contributed by atoms with Gasteiger partial charge in [0.15, 0.2) is 0 Å². The van der Waals surface area contributed by atoms with Gasteiger partial charge in [0.1, 0.15) is 0 Å². The molecule has 0 heterocycles. The van der Waals surface area contributed by atoms with Gasteiger partial charge in [0, 0.05) is 19.8 Å². The van der Waals surface area contributed by atoms with Crippen LogP contribution < -0.4 is 0 Å². The topological polar surface area (TPSA) is 15.6 Å². The van der Waals surface area contributed by atoms with Crippen molar-refractivity contribution in [3.8, 4) is 0 Å². The minimum Gasteiger partial charge on any atom is -0.380 e. The lowest BCUT2D eigenvalue weighted by Crippen LogP contribution is -2.25. The zero-order valence-corrected chi connectivity index (χ0v) is 8.83. The van der Waals surface area contributed by atoms with E-state index in [9.17, 15) is 0 Å². The highest BCUT2D eigenvalue weighted by Crippen LogP contribution is 2.15. The molecular weight excluding hydrogens is 148 g/mol. The molecule has 0 bridgehead atoms. The maximum Gasteiger partial charge on any atom is 0.0908 e. The van der Waals surface area contributed by atoms with Crippen molar-refractivity contribution in [1.82, 2.24) is 4.90 Å². The van der Waals surface area contributed by atoms with Crippen LogP contribution in [0.15, 0.2) is 17.3 Å². The Labute approximate surface area is 76.0 Å². The maximum atomic E-state index is 4.38. The molecule has 0 radical (unpaired) electrons. The fraction of sp³-hybridized carbons (Fsp3) is 0.700. The Balaban J connectivity index is 4.40. The van der Waals surface area contributed by atoms with Crippen molar-refractivity contribution in [1.29, 1.82) is 0 Å². The molecule has 0 spiro atoms. The highest BCUT2D eigenvalue weighted by atomic mass is 15.1. The molecule has 0 aromatic heterocycles. The first kappa shape index (κ1) is 11.2. The first-order valence-electron chi connectivity index (χ1n) is 4.34. The lowest BCUT2D eigenvalue weighted by Gasteiger charge is -2.24. The Morgan fingerprint density at radius 1 is 1.42 bits per heavy atom. The highest BCUT2D eigenvalue weighted by molar-refractivity contribution is 5.54. The monoisotopic (exact) mass is 168 g/mol. The minimum atomic E-state index is 0.227. The van der Waals surface area contributed by atoms with E-state index in [4.69, 9.17) is 0 Å². The molecular formula is C10H20N2. The van der Waals surface area contributed by atoms with E-state index in [1.165, 1.54) is 0 Å². The van der Waals surface area contributed by atoms with Crippen LogP contribution in [0.2, 0.25) is 0 Å². The van der Waals surface area contributed by atoms with Crippen molar-refractivity contribution in [3.63, 3.8) is 0 Å². The van der Waals surface area contributed by atoms with Gasteiger partial charge >= 0.3 is 0 Å². The molecule has 2 heteroatoms. The van der Waals surface area contributed by atoms with Gasteiger partial charge in [0.05, 0.1) is 6.04 Å². The third kappa shape index (κ3) is 3.07. The molecule has 0 aliphatic carbocycles. The molecule has 1 unspecified atom stereocenters. The third-order valence-corrected chi connectivity index (χ3v) is 1.86. The maximum absolute atomic E-state index is 4.38. The van der Waals surface area contributed by atoms with E-state index in [1.54, 1.807) is 0 Å². The van der Waals surface area contributed by atoms with Crippen molar-refractivity contribution in [2.45, 2.75) is 26.8 Å². The van der Waals surface area contributed by atoms with Gasteiger partial charge in [-0.25, -0.2) is 0 Å². The van der Waals surface area contributed by atoms with E-state index in [-0.39, 0.29) is 6.04 Å². The van der Waals surface area contributed by atoms with Crippen LogP contribution in [0.4, 0.5) is 0 Å². The Morgan fingerprint density at radius 2 is 1.92 bits per heavy atom. The summed E-state index contributed by atoms with van der Waals surface area (Å²) in [6, 6.07) is 0.227. The summed E-state index contributed by atoms with van der Waals surface area (Å²) in [6.45, 7) is 10.3. The fourth-order valence-electron chi connectivity index (χ4n) is 1.07. The molecule has 0 N–H and O–H groups in total. The molecule has 70 valence electrons. The van der Waals surface area contributed by atoms with Crippen molar-refractivity contribution in [2.24, 2.45) is 10.9 Å². The molecule has 0 amide bonds. The van der Waals surface area contributed by atoms with Crippen LogP contribution in [-0.2, 0) is 0 Å².